The summed E-state index contributed by atoms with van der Waals surface area (Å²) in [6, 6.07) is 0. The zero-order valence-electron chi connectivity index (χ0n) is 6.12. The standard InChI is InChI=1S/C5H7N3O2S/c1-4(7-2)5(8(9)10)11-3-6/h7H,1-2H3/b5-4+. The second kappa shape index (κ2) is 4.57. The van der Waals surface area contributed by atoms with Gasteiger partial charge in [0, 0.05) is 7.05 Å². The van der Waals surface area contributed by atoms with Crippen molar-refractivity contribution in [2.45, 2.75) is 6.92 Å². The molecule has 0 aromatic carbocycles. The van der Waals surface area contributed by atoms with Crippen molar-refractivity contribution >= 4 is 11.8 Å². The average molecular weight is 173 g/mol. The van der Waals surface area contributed by atoms with Gasteiger partial charge in [0.25, 0.3) is 0 Å². The Morgan fingerprint density at radius 1 is 1.82 bits per heavy atom. The number of rotatable bonds is 3. The molecule has 0 rings (SSSR count). The van der Waals surface area contributed by atoms with Gasteiger partial charge in [-0.15, -0.1) is 0 Å². The molecule has 0 saturated carbocycles. The first-order chi connectivity index (χ1) is 5.13. The van der Waals surface area contributed by atoms with Crippen molar-refractivity contribution in [1.82, 2.24) is 5.32 Å². The highest BCUT2D eigenvalue weighted by Crippen LogP contribution is 2.16. The van der Waals surface area contributed by atoms with E-state index >= 15 is 0 Å². The summed E-state index contributed by atoms with van der Waals surface area (Å²) in [7, 11) is 1.57. The fourth-order valence-corrected chi connectivity index (χ4v) is 0.817. The van der Waals surface area contributed by atoms with E-state index in [1.54, 1.807) is 19.4 Å². The predicted molar refractivity (Wildman–Crippen MR) is 42.0 cm³/mol. The van der Waals surface area contributed by atoms with Crippen LogP contribution in [0.15, 0.2) is 10.7 Å². The molecule has 0 amide bonds. The molecule has 0 unspecified atom stereocenters. The third kappa shape index (κ3) is 2.91. The Kier molecular flexibility index (Phi) is 4.07. The number of nitrogens with zero attached hydrogens (tertiary/aromatic N) is 2. The summed E-state index contributed by atoms with van der Waals surface area (Å²) >= 11 is 0.541. The molecule has 11 heavy (non-hydrogen) atoms. The van der Waals surface area contributed by atoms with Gasteiger partial charge in [-0.3, -0.25) is 10.1 Å². The molecule has 0 aliphatic carbocycles. The van der Waals surface area contributed by atoms with Gasteiger partial charge in [0.2, 0.25) is 0 Å². The zero-order valence-corrected chi connectivity index (χ0v) is 6.94. The molecule has 6 heteroatoms. The van der Waals surface area contributed by atoms with Gasteiger partial charge >= 0.3 is 5.03 Å². The zero-order chi connectivity index (χ0) is 8.85. The van der Waals surface area contributed by atoms with Crippen LogP contribution in [-0.2, 0) is 0 Å². The summed E-state index contributed by atoms with van der Waals surface area (Å²) in [6.07, 6.45) is 0. The second-order valence-electron chi connectivity index (χ2n) is 1.63. The molecule has 0 fully saturated rings. The largest absolute Gasteiger partial charge is 0.386 e. The van der Waals surface area contributed by atoms with Crippen LogP contribution >= 0.6 is 11.8 Å². The molecule has 0 bridgehead atoms. The number of allylic oxidation sites excluding steroid dienone is 1. The summed E-state index contributed by atoms with van der Waals surface area (Å²) in [4.78, 5) is 9.64. The smallest absolute Gasteiger partial charge is 0.335 e. The van der Waals surface area contributed by atoms with Crippen LogP contribution in [0.5, 0.6) is 0 Å². The molecule has 0 radical (unpaired) electrons. The van der Waals surface area contributed by atoms with E-state index < -0.39 is 4.92 Å². The number of thioether (sulfide) groups is 1. The van der Waals surface area contributed by atoms with Crippen LogP contribution in [0.2, 0.25) is 0 Å². The van der Waals surface area contributed by atoms with Crippen LogP contribution in [-0.4, -0.2) is 12.0 Å². The van der Waals surface area contributed by atoms with Gasteiger partial charge in [-0.25, -0.2) is 0 Å². The Morgan fingerprint density at radius 2 is 2.36 bits per heavy atom. The van der Waals surface area contributed by atoms with Crippen molar-refractivity contribution in [3.63, 3.8) is 0 Å². The van der Waals surface area contributed by atoms with Gasteiger partial charge in [-0.05, 0) is 6.92 Å². The third-order valence-corrected chi connectivity index (χ3v) is 1.74. The molecule has 0 aliphatic heterocycles. The minimum Gasteiger partial charge on any atom is -0.386 e. The van der Waals surface area contributed by atoms with Crippen molar-refractivity contribution in [1.29, 1.82) is 5.26 Å². The highest BCUT2D eigenvalue weighted by Gasteiger charge is 2.14. The minimum atomic E-state index is -0.584. The molecule has 0 aliphatic rings. The second-order valence-corrected chi connectivity index (χ2v) is 2.40. The number of nitriles is 1. The van der Waals surface area contributed by atoms with Crippen molar-refractivity contribution in [3.8, 4) is 5.40 Å². The molecule has 1 N–H and O–H groups in total. The lowest BCUT2D eigenvalue weighted by atomic mass is 10.5. The van der Waals surface area contributed by atoms with E-state index in [2.05, 4.69) is 5.32 Å². The number of nitrogens with one attached hydrogen (secondary N) is 1. The summed E-state index contributed by atoms with van der Waals surface area (Å²) in [5.74, 6) is 0. The fourth-order valence-electron chi connectivity index (χ4n) is 0.401. The Labute approximate surface area is 68.2 Å². The van der Waals surface area contributed by atoms with Crippen LogP contribution in [0, 0.1) is 20.8 Å². The molecule has 0 saturated heterocycles. The first kappa shape index (κ1) is 9.78. The molecule has 0 atom stereocenters. The quantitative estimate of drug-likeness (QED) is 0.389. The van der Waals surface area contributed by atoms with Crippen LogP contribution in [0.1, 0.15) is 6.92 Å². The van der Waals surface area contributed by atoms with Crippen LogP contribution in [0.25, 0.3) is 0 Å². The lowest BCUT2D eigenvalue weighted by Gasteiger charge is -1.97. The van der Waals surface area contributed by atoms with Crippen LogP contribution < -0.4 is 5.32 Å². The maximum atomic E-state index is 10.2. The van der Waals surface area contributed by atoms with Crippen molar-refractivity contribution < 1.29 is 4.92 Å². The first-order valence-corrected chi connectivity index (χ1v) is 3.54. The van der Waals surface area contributed by atoms with Gasteiger partial charge in [0.15, 0.2) is 0 Å². The Morgan fingerprint density at radius 3 is 2.64 bits per heavy atom. The molecule has 0 aromatic rings. The Bertz CT molecular complexity index is 230. The number of nitro groups is 1. The number of thiocyanates is 1. The van der Waals surface area contributed by atoms with Gasteiger partial charge in [0.05, 0.1) is 22.4 Å². The fraction of sp³-hybridized carbons (Fsp3) is 0.400. The maximum absolute atomic E-state index is 10.2. The van der Waals surface area contributed by atoms with Gasteiger partial charge in [-0.2, -0.15) is 5.26 Å². The molecule has 0 heterocycles. The average Bonchev–Trinajstić information content (AvgIpc) is 1.98. The van der Waals surface area contributed by atoms with Gasteiger partial charge < -0.3 is 5.32 Å². The lowest BCUT2D eigenvalue weighted by molar-refractivity contribution is -0.411. The van der Waals surface area contributed by atoms with E-state index in [1.807, 2.05) is 0 Å². The summed E-state index contributed by atoms with van der Waals surface area (Å²) in [6.45, 7) is 1.54. The third-order valence-electron chi connectivity index (χ3n) is 1.00. The molecule has 60 valence electrons. The van der Waals surface area contributed by atoms with E-state index in [4.69, 9.17) is 5.26 Å². The van der Waals surface area contributed by atoms with Gasteiger partial charge in [0.1, 0.15) is 5.40 Å². The minimum absolute atomic E-state index is 0.157. The van der Waals surface area contributed by atoms with Crippen LogP contribution in [0.4, 0.5) is 0 Å². The maximum Gasteiger partial charge on any atom is 0.335 e. The Hall–Kier alpha value is -1.22. The normalized spacial score (nSPS) is 11.4. The molecule has 0 spiro atoms. The molecule has 5 nitrogen and oxygen atoms in total. The van der Waals surface area contributed by atoms with Crippen molar-refractivity contribution in [2.24, 2.45) is 0 Å². The van der Waals surface area contributed by atoms with Gasteiger partial charge in [-0.1, -0.05) is 0 Å². The van der Waals surface area contributed by atoms with Crippen molar-refractivity contribution in [3.05, 3.63) is 20.8 Å². The Balaban J connectivity index is 4.60. The van der Waals surface area contributed by atoms with E-state index in [-0.39, 0.29) is 5.03 Å². The topological polar surface area (TPSA) is 79.0 Å². The SMILES string of the molecule is CN/C(C)=C(/SC#N)[N+](=O)[O-]. The van der Waals surface area contributed by atoms with E-state index in [1.165, 1.54) is 0 Å². The highest BCUT2D eigenvalue weighted by atomic mass is 32.2. The number of hydrogen-bond donors (Lipinski definition) is 1. The molecular weight excluding hydrogens is 166 g/mol. The molecule has 0 aromatic heterocycles. The predicted octanol–water partition coefficient (Wildman–Crippen LogP) is 0.886. The summed E-state index contributed by atoms with van der Waals surface area (Å²) < 4.78 is 0. The summed E-state index contributed by atoms with van der Waals surface area (Å²) in [5.41, 5.74) is 0.390. The van der Waals surface area contributed by atoms with E-state index in [9.17, 15) is 10.1 Å². The first-order valence-electron chi connectivity index (χ1n) is 2.72. The monoisotopic (exact) mass is 173 g/mol. The number of hydrogen-bond acceptors (Lipinski definition) is 5. The summed E-state index contributed by atoms with van der Waals surface area (Å²) in [5, 5.41) is 22.5. The lowest BCUT2D eigenvalue weighted by Crippen LogP contribution is -2.08. The van der Waals surface area contributed by atoms with Crippen molar-refractivity contribution in [2.75, 3.05) is 7.05 Å². The van der Waals surface area contributed by atoms with Crippen LogP contribution in [0.3, 0.4) is 0 Å². The van der Waals surface area contributed by atoms with E-state index in [0.717, 1.165) is 0 Å². The molecular formula is C5H7N3O2S. The highest BCUT2D eigenvalue weighted by molar-refractivity contribution is 8.07. The van der Waals surface area contributed by atoms with E-state index in [0.29, 0.717) is 17.5 Å².